The summed E-state index contributed by atoms with van der Waals surface area (Å²) in [6.07, 6.45) is 0. The lowest BCUT2D eigenvalue weighted by atomic mass is 10.2. The number of aromatic amines is 1. The van der Waals surface area contributed by atoms with Crippen LogP contribution in [0.15, 0.2) is 33.9 Å². The Hall–Kier alpha value is -2.37. The lowest BCUT2D eigenvalue weighted by molar-refractivity contribution is -0.121. The van der Waals surface area contributed by atoms with Crippen molar-refractivity contribution in [2.24, 2.45) is 0 Å². The van der Waals surface area contributed by atoms with Crippen molar-refractivity contribution < 1.29 is 4.79 Å². The van der Waals surface area contributed by atoms with Gasteiger partial charge in [-0.3, -0.25) is 19.5 Å². The van der Waals surface area contributed by atoms with Crippen LogP contribution in [0, 0.1) is 0 Å². The Morgan fingerprint density at radius 1 is 1.29 bits per heavy atom. The predicted molar refractivity (Wildman–Crippen MR) is 62.9 cm³/mol. The number of fused-ring (bicyclic) bond motifs is 1. The number of carbonyl (C=O) groups is 1. The highest BCUT2D eigenvalue weighted by Gasteiger charge is 2.08. The molecule has 1 heterocycles. The summed E-state index contributed by atoms with van der Waals surface area (Å²) in [5.41, 5.74) is -0.770. The summed E-state index contributed by atoms with van der Waals surface area (Å²) >= 11 is 0. The molecule has 0 radical (unpaired) electrons. The monoisotopic (exact) mass is 233 g/mol. The molecule has 0 fully saturated rings. The maximum Gasteiger partial charge on any atom is 0.273 e. The van der Waals surface area contributed by atoms with Gasteiger partial charge in [0, 0.05) is 7.05 Å². The number of rotatable bonds is 2. The molecule has 0 atom stereocenters. The van der Waals surface area contributed by atoms with Gasteiger partial charge in [0.15, 0.2) is 0 Å². The fraction of sp³-hybridized carbons (Fsp3) is 0.182. The molecule has 6 heteroatoms. The smallest absolute Gasteiger partial charge is 0.273 e. The molecule has 17 heavy (non-hydrogen) atoms. The van der Waals surface area contributed by atoms with Gasteiger partial charge in [-0.25, -0.2) is 4.68 Å². The van der Waals surface area contributed by atoms with Crippen molar-refractivity contribution in [1.82, 2.24) is 15.1 Å². The molecular formula is C11H11N3O3. The van der Waals surface area contributed by atoms with Crippen molar-refractivity contribution in [3.05, 3.63) is 45.0 Å². The number of hydrogen-bond donors (Lipinski definition) is 2. The second-order valence-corrected chi connectivity index (χ2v) is 3.55. The fourth-order valence-corrected chi connectivity index (χ4v) is 1.58. The number of carbonyl (C=O) groups excluding carboxylic acids is 1. The Balaban J connectivity index is 2.68. The van der Waals surface area contributed by atoms with Gasteiger partial charge in [-0.1, -0.05) is 12.1 Å². The van der Waals surface area contributed by atoms with Gasteiger partial charge in [0.25, 0.3) is 11.1 Å². The maximum atomic E-state index is 11.9. The van der Waals surface area contributed by atoms with Crippen LogP contribution in [0.2, 0.25) is 0 Å². The largest absolute Gasteiger partial charge is 0.358 e. The zero-order chi connectivity index (χ0) is 12.4. The number of nitrogens with zero attached hydrogens (tertiary/aromatic N) is 1. The summed E-state index contributed by atoms with van der Waals surface area (Å²) in [6.45, 7) is -0.199. The number of aromatic nitrogens is 2. The first-order chi connectivity index (χ1) is 8.13. The number of nitrogens with one attached hydrogen (secondary N) is 2. The van der Waals surface area contributed by atoms with Crippen LogP contribution >= 0.6 is 0 Å². The van der Waals surface area contributed by atoms with Crippen LogP contribution in [0.1, 0.15) is 0 Å². The van der Waals surface area contributed by atoms with Crippen LogP contribution in [0.4, 0.5) is 0 Å². The maximum absolute atomic E-state index is 11.9. The van der Waals surface area contributed by atoms with E-state index in [0.29, 0.717) is 10.8 Å². The Morgan fingerprint density at radius 2 is 1.94 bits per heavy atom. The van der Waals surface area contributed by atoms with Crippen LogP contribution < -0.4 is 16.4 Å². The van der Waals surface area contributed by atoms with Crippen molar-refractivity contribution >= 4 is 16.7 Å². The van der Waals surface area contributed by atoms with Gasteiger partial charge >= 0.3 is 0 Å². The quantitative estimate of drug-likeness (QED) is 0.729. The minimum Gasteiger partial charge on any atom is -0.358 e. The molecule has 0 aliphatic heterocycles. The number of benzene rings is 1. The van der Waals surface area contributed by atoms with E-state index in [4.69, 9.17) is 0 Å². The number of amides is 1. The molecule has 6 nitrogen and oxygen atoms in total. The van der Waals surface area contributed by atoms with Gasteiger partial charge in [-0.05, 0) is 12.1 Å². The number of H-pyrrole nitrogens is 1. The molecule has 0 saturated heterocycles. The zero-order valence-electron chi connectivity index (χ0n) is 9.19. The van der Waals surface area contributed by atoms with E-state index < -0.39 is 0 Å². The van der Waals surface area contributed by atoms with Crippen molar-refractivity contribution in [3.63, 3.8) is 0 Å². The first-order valence-corrected chi connectivity index (χ1v) is 5.06. The molecule has 0 bridgehead atoms. The van der Waals surface area contributed by atoms with E-state index in [9.17, 15) is 14.4 Å². The van der Waals surface area contributed by atoms with E-state index >= 15 is 0 Å². The van der Waals surface area contributed by atoms with Crippen LogP contribution in [0.3, 0.4) is 0 Å². The van der Waals surface area contributed by atoms with E-state index in [1.54, 1.807) is 24.3 Å². The Labute approximate surface area is 95.9 Å². The van der Waals surface area contributed by atoms with E-state index in [1.807, 2.05) is 0 Å². The fourth-order valence-electron chi connectivity index (χ4n) is 1.58. The van der Waals surface area contributed by atoms with Crippen molar-refractivity contribution in [3.8, 4) is 0 Å². The molecule has 2 N–H and O–H groups in total. The minimum atomic E-state index is -0.385. The van der Waals surface area contributed by atoms with Crippen LogP contribution in [-0.4, -0.2) is 22.7 Å². The first kappa shape index (κ1) is 11.1. The second kappa shape index (κ2) is 4.25. The van der Waals surface area contributed by atoms with E-state index in [-0.39, 0.29) is 23.6 Å². The summed E-state index contributed by atoms with van der Waals surface area (Å²) in [7, 11) is 1.46. The van der Waals surface area contributed by atoms with Crippen LogP contribution in [0.5, 0.6) is 0 Å². The van der Waals surface area contributed by atoms with E-state index in [0.717, 1.165) is 4.68 Å². The van der Waals surface area contributed by atoms with Crippen LogP contribution in [-0.2, 0) is 11.3 Å². The van der Waals surface area contributed by atoms with Crippen molar-refractivity contribution in [1.29, 1.82) is 0 Å². The molecule has 1 amide bonds. The number of likely N-dealkylation sites (N-methyl/N-ethyl adjacent to an activating group) is 1. The summed E-state index contributed by atoms with van der Waals surface area (Å²) < 4.78 is 1.00. The Kier molecular flexibility index (Phi) is 2.78. The zero-order valence-corrected chi connectivity index (χ0v) is 9.19. The normalized spacial score (nSPS) is 10.4. The molecule has 0 spiro atoms. The van der Waals surface area contributed by atoms with Crippen LogP contribution in [0.25, 0.3) is 10.8 Å². The summed E-state index contributed by atoms with van der Waals surface area (Å²) in [5, 5.41) is 5.39. The average Bonchev–Trinajstić information content (AvgIpc) is 2.35. The molecular weight excluding hydrogens is 222 g/mol. The van der Waals surface area contributed by atoms with E-state index in [1.165, 1.54) is 7.05 Å². The summed E-state index contributed by atoms with van der Waals surface area (Å²) in [5.74, 6) is -0.349. The average molecular weight is 233 g/mol. The lowest BCUT2D eigenvalue weighted by Gasteiger charge is -2.05. The molecule has 0 saturated carbocycles. The predicted octanol–water partition coefficient (Wildman–Crippen LogP) is -0.564. The van der Waals surface area contributed by atoms with Crippen molar-refractivity contribution in [2.45, 2.75) is 6.54 Å². The third kappa shape index (κ3) is 1.96. The lowest BCUT2D eigenvalue weighted by Crippen LogP contribution is -2.35. The van der Waals surface area contributed by atoms with Gasteiger partial charge in [-0.2, -0.15) is 0 Å². The summed E-state index contributed by atoms with van der Waals surface area (Å²) in [6, 6.07) is 6.49. The molecule has 1 aromatic carbocycles. The van der Waals surface area contributed by atoms with Crippen molar-refractivity contribution in [2.75, 3.05) is 7.05 Å². The minimum absolute atomic E-state index is 0.199. The molecule has 0 aliphatic carbocycles. The standard InChI is InChI=1S/C11H11N3O3/c1-12-9(15)6-14-11(17)8-5-3-2-4-7(8)10(16)13-14/h2-5H,6H2,1H3,(H,12,15)(H,13,16). The third-order valence-electron chi connectivity index (χ3n) is 2.46. The SMILES string of the molecule is CNC(=O)Cn1[nH]c(=O)c2ccccc2c1=O. The molecule has 88 valence electrons. The highest BCUT2D eigenvalue weighted by molar-refractivity contribution is 5.81. The highest BCUT2D eigenvalue weighted by Crippen LogP contribution is 2.01. The van der Waals surface area contributed by atoms with Gasteiger partial charge in [0.2, 0.25) is 5.91 Å². The Morgan fingerprint density at radius 3 is 2.59 bits per heavy atom. The highest BCUT2D eigenvalue weighted by atomic mass is 16.2. The number of hydrogen-bond acceptors (Lipinski definition) is 3. The molecule has 0 aliphatic rings. The molecule has 1 aromatic heterocycles. The molecule has 0 unspecified atom stereocenters. The molecule has 2 rings (SSSR count). The Bertz CT molecular complexity index is 684. The first-order valence-electron chi connectivity index (χ1n) is 5.06. The third-order valence-corrected chi connectivity index (χ3v) is 2.46. The van der Waals surface area contributed by atoms with Gasteiger partial charge in [0.1, 0.15) is 6.54 Å². The summed E-state index contributed by atoms with van der Waals surface area (Å²) in [4.78, 5) is 34.8. The van der Waals surface area contributed by atoms with Gasteiger partial charge in [-0.15, -0.1) is 0 Å². The topological polar surface area (TPSA) is 84.0 Å². The molecule has 2 aromatic rings. The van der Waals surface area contributed by atoms with Gasteiger partial charge < -0.3 is 5.32 Å². The van der Waals surface area contributed by atoms with E-state index in [2.05, 4.69) is 10.4 Å². The van der Waals surface area contributed by atoms with Gasteiger partial charge in [0.05, 0.1) is 10.8 Å². The second-order valence-electron chi connectivity index (χ2n) is 3.55.